The number of nitrogens with zero attached hydrogens (tertiary/aromatic N) is 2. The van der Waals surface area contributed by atoms with Gasteiger partial charge in [0.05, 0.1) is 24.1 Å². The summed E-state index contributed by atoms with van der Waals surface area (Å²) in [6.07, 6.45) is 1.89. The topological polar surface area (TPSA) is 96.0 Å². The van der Waals surface area contributed by atoms with E-state index in [1.807, 2.05) is 58.9 Å². The number of sulfonamides is 1. The fourth-order valence-electron chi connectivity index (χ4n) is 4.19. The molecule has 0 heterocycles. The Morgan fingerprint density at radius 2 is 1.82 bits per heavy atom. The first-order chi connectivity index (χ1) is 17.7. The van der Waals surface area contributed by atoms with Crippen LogP contribution >= 0.6 is 11.6 Å². The van der Waals surface area contributed by atoms with Crippen LogP contribution in [0.5, 0.6) is 5.75 Å². The number of benzene rings is 2. The van der Waals surface area contributed by atoms with Crippen LogP contribution in [0.25, 0.3) is 0 Å². The number of aryl methyl sites for hydroxylation is 1. The molecule has 0 saturated heterocycles. The summed E-state index contributed by atoms with van der Waals surface area (Å²) >= 11 is 6.22. The van der Waals surface area contributed by atoms with Crippen LogP contribution in [0.15, 0.2) is 42.5 Å². The Morgan fingerprint density at radius 1 is 1.13 bits per heavy atom. The SMILES string of the molecule is CC[C@@H](C(=O)NC(C)(C)C)N(Cc1cccc(C)c1)C(=O)CCCN(c1ccc(OC)c(Cl)c1)S(C)(=O)=O. The van der Waals surface area contributed by atoms with E-state index in [-0.39, 0.29) is 42.8 Å². The maximum Gasteiger partial charge on any atom is 0.243 e. The van der Waals surface area contributed by atoms with Gasteiger partial charge in [-0.1, -0.05) is 48.4 Å². The fraction of sp³-hybridized carbons (Fsp3) is 0.500. The Labute approximate surface area is 232 Å². The zero-order valence-electron chi connectivity index (χ0n) is 23.4. The normalized spacial score (nSPS) is 12.5. The molecule has 8 nitrogen and oxygen atoms in total. The minimum absolute atomic E-state index is 0.0705. The Bertz CT molecular complexity index is 1230. The molecule has 2 aromatic carbocycles. The van der Waals surface area contributed by atoms with Crippen molar-refractivity contribution in [2.75, 3.05) is 24.2 Å². The second kappa shape index (κ2) is 13.3. The highest BCUT2D eigenvalue weighted by molar-refractivity contribution is 7.92. The van der Waals surface area contributed by atoms with Crippen molar-refractivity contribution in [3.63, 3.8) is 0 Å². The minimum Gasteiger partial charge on any atom is -0.495 e. The second-order valence-electron chi connectivity index (χ2n) is 10.4. The number of hydrogen-bond acceptors (Lipinski definition) is 5. The largest absolute Gasteiger partial charge is 0.495 e. The minimum atomic E-state index is -3.64. The van der Waals surface area contributed by atoms with Gasteiger partial charge in [-0.25, -0.2) is 8.42 Å². The van der Waals surface area contributed by atoms with Gasteiger partial charge in [0.1, 0.15) is 11.8 Å². The zero-order chi connectivity index (χ0) is 28.7. The fourth-order valence-corrected chi connectivity index (χ4v) is 5.40. The number of rotatable bonds is 12. The molecule has 2 rings (SSSR count). The van der Waals surface area contributed by atoms with E-state index in [1.54, 1.807) is 17.0 Å². The Kier molecular flexibility index (Phi) is 11.0. The molecule has 0 bridgehead atoms. The summed E-state index contributed by atoms with van der Waals surface area (Å²) in [5.41, 5.74) is 1.92. The molecular formula is C28H40ClN3O5S. The van der Waals surface area contributed by atoms with Crippen molar-refractivity contribution < 1.29 is 22.7 Å². The number of carbonyl (C=O) groups excluding carboxylic acids is 2. The number of amides is 2. The summed E-state index contributed by atoms with van der Waals surface area (Å²) in [5, 5.41) is 3.28. The molecule has 0 aromatic heterocycles. The van der Waals surface area contributed by atoms with Crippen LogP contribution in [0.2, 0.25) is 5.02 Å². The summed E-state index contributed by atoms with van der Waals surface area (Å²) < 4.78 is 31.5. The molecule has 0 aliphatic rings. The van der Waals surface area contributed by atoms with E-state index in [0.717, 1.165) is 17.4 Å². The van der Waals surface area contributed by atoms with E-state index in [1.165, 1.54) is 17.5 Å². The van der Waals surface area contributed by atoms with E-state index in [4.69, 9.17) is 16.3 Å². The first-order valence-corrected chi connectivity index (χ1v) is 14.9. The third-order valence-electron chi connectivity index (χ3n) is 5.90. The molecule has 10 heteroatoms. The Balaban J connectivity index is 2.26. The number of anilines is 1. The van der Waals surface area contributed by atoms with E-state index in [0.29, 0.717) is 17.9 Å². The van der Waals surface area contributed by atoms with Crippen LogP contribution in [-0.4, -0.2) is 56.6 Å². The van der Waals surface area contributed by atoms with Gasteiger partial charge in [0, 0.05) is 25.0 Å². The molecule has 0 fully saturated rings. The Hall–Kier alpha value is -2.78. The monoisotopic (exact) mass is 565 g/mol. The number of halogens is 1. The van der Waals surface area contributed by atoms with E-state index >= 15 is 0 Å². The van der Waals surface area contributed by atoms with Crippen LogP contribution in [-0.2, 0) is 26.2 Å². The quantitative estimate of drug-likeness (QED) is 0.394. The van der Waals surface area contributed by atoms with Crippen LogP contribution in [0.1, 0.15) is 58.1 Å². The average molecular weight is 566 g/mol. The standard InChI is InChI=1S/C28H40ClN3O5S/c1-8-24(27(34)30-28(3,4)5)31(19-21-12-9-11-20(2)17-21)26(33)13-10-16-32(38(7,35)36)22-14-15-25(37-6)23(29)18-22/h9,11-12,14-15,17-18,24H,8,10,13,16,19H2,1-7H3,(H,30,34)/t24-/m0/s1. The van der Waals surface area contributed by atoms with Crippen molar-refractivity contribution in [1.29, 1.82) is 0 Å². The number of ether oxygens (including phenoxy) is 1. The maximum atomic E-state index is 13.5. The highest BCUT2D eigenvalue weighted by Gasteiger charge is 2.30. The second-order valence-corrected chi connectivity index (χ2v) is 12.7. The van der Waals surface area contributed by atoms with Gasteiger partial charge in [0.2, 0.25) is 21.8 Å². The van der Waals surface area contributed by atoms with Crippen LogP contribution in [0, 0.1) is 6.92 Å². The summed E-state index contributed by atoms with van der Waals surface area (Å²) in [6.45, 7) is 9.91. The molecule has 0 aliphatic carbocycles. The average Bonchev–Trinajstić information content (AvgIpc) is 2.79. The van der Waals surface area contributed by atoms with Crippen molar-refractivity contribution in [3.8, 4) is 5.75 Å². The molecular weight excluding hydrogens is 526 g/mol. The van der Waals surface area contributed by atoms with Gasteiger partial charge in [-0.05, 0) is 64.3 Å². The number of methoxy groups -OCH3 is 1. The van der Waals surface area contributed by atoms with Gasteiger partial charge in [-0.3, -0.25) is 13.9 Å². The van der Waals surface area contributed by atoms with E-state index < -0.39 is 21.6 Å². The highest BCUT2D eigenvalue weighted by atomic mass is 35.5. The molecule has 2 aromatic rings. The van der Waals surface area contributed by atoms with Crippen LogP contribution in [0.4, 0.5) is 5.69 Å². The van der Waals surface area contributed by atoms with Crippen molar-refractivity contribution in [3.05, 3.63) is 58.6 Å². The lowest BCUT2D eigenvalue weighted by atomic mass is 10.0. The molecule has 2 amide bonds. The first-order valence-electron chi connectivity index (χ1n) is 12.6. The lowest BCUT2D eigenvalue weighted by molar-refractivity contribution is -0.142. The smallest absolute Gasteiger partial charge is 0.243 e. The maximum absolute atomic E-state index is 13.5. The van der Waals surface area contributed by atoms with Crippen molar-refractivity contribution in [2.45, 2.75) is 72.0 Å². The third-order valence-corrected chi connectivity index (χ3v) is 7.38. The third kappa shape index (κ3) is 9.20. The molecule has 0 saturated carbocycles. The predicted molar refractivity (Wildman–Crippen MR) is 153 cm³/mol. The molecule has 0 aliphatic heterocycles. The van der Waals surface area contributed by atoms with Gasteiger partial charge in [0.15, 0.2) is 0 Å². The van der Waals surface area contributed by atoms with Crippen molar-refractivity contribution in [2.24, 2.45) is 0 Å². The molecule has 0 unspecified atom stereocenters. The summed E-state index contributed by atoms with van der Waals surface area (Å²) in [4.78, 5) is 28.3. The highest BCUT2D eigenvalue weighted by Crippen LogP contribution is 2.30. The van der Waals surface area contributed by atoms with Gasteiger partial charge in [0.25, 0.3) is 0 Å². The van der Waals surface area contributed by atoms with Gasteiger partial charge in [-0.15, -0.1) is 0 Å². The van der Waals surface area contributed by atoms with Crippen LogP contribution in [0.3, 0.4) is 0 Å². The first kappa shape index (κ1) is 31.4. The molecule has 0 spiro atoms. The molecule has 0 radical (unpaired) electrons. The van der Waals surface area contributed by atoms with Crippen LogP contribution < -0.4 is 14.4 Å². The van der Waals surface area contributed by atoms with E-state index in [2.05, 4.69) is 5.32 Å². The number of hydrogen-bond donors (Lipinski definition) is 1. The van der Waals surface area contributed by atoms with Gasteiger partial charge >= 0.3 is 0 Å². The van der Waals surface area contributed by atoms with E-state index in [9.17, 15) is 18.0 Å². The zero-order valence-corrected chi connectivity index (χ0v) is 24.9. The Morgan fingerprint density at radius 3 is 2.34 bits per heavy atom. The predicted octanol–water partition coefficient (Wildman–Crippen LogP) is 4.93. The van der Waals surface area contributed by atoms with Crippen molar-refractivity contribution >= 4 is 39.1 Å². The molecule has 1 atom stereocenters. The van der Waals surface area contributed by atoms with Crippen molar-refractivity contribution in [1.82, 2.24) is 10.2 Å². The molecule has 38 heavy (non-hydrogen) atoms. The summed E-state index contributed by atoms with van der Waals surface area (Å²) in [7, 11) is -2.15. The molecule has 210 valence electrons. The van der Waals surface area contributed by atoms with Gasteiger partial charge < -0.3 is 15.0 Å². The molecule has 1 N–H and O–H groups in total. The number of nitrogens with one attached hydrogen (secondary N) is 1. The lowest BCUT2D eigenvalue weighted by Crippen LogP contribution is -2.53. The van der Waals surface area contributed by atoms with Gasteiger partial charge in [-0.2, -0.15) is 0 Å². The summed E-state index contributed by atoms with van der Waals surface area (Å²) in [5.74, 6) is 0.000228. The summed E-state index contributed by atoms with van der Waals surface area (Å²) in [6, 6.07) is 11.9. The lowest BCUT2D eigenvalue weighted by Gasteiger charge is -2.33. The number of carbonyl (C=O) groups is 2.